The molecule has 0 spiro atoms. The molecule has 3 aromatic rings. The first kappa shape index (κ1) is 18.7. The zero-order valence-corrected chi connectivity index (χ0v) is 14.7. The van der Waals surface area contributed by atoms with Crippen LogP contribution in [0.25, 0.3) is 5.65 Å². The Morgan fingerprint density at radius 1 is 1.04 bits per heavy atom. The van der Waals surface area contributed by atoms with Gasteiger partial charge in [0.25, 0.3) is 0 Å². The fourth-order valence-corrected chi connectivity index (χ4v) is 2.72. The Morgan fingerprint density at radius 2 is 1.78 bits per heavy atom. The summed E-state index contributed by atoms with van der Waals surface area (Å²) < 4.78 is 40.3. The van der Waals surface area contributed by atoms with E-state index in [0.717, 1.165) is 12.1 Å². The van der Waals surface area contributed by atoms with Gasteiger partial charge in [-0.2, -0.15) is 13.2 Å². The second kappa shape index (κ2) is 7.26. The summed E-state index contributed by atoms with van der Waals surface area (Å²) in [7, 11) is 0. The topological polar surface area (TPSA) is 71.3 Å². The number of carbonyl (C=O) groups excluding carboxylic acids is 1. The van der Waals surface area contributed by atoms with Crippen molar-refractivity contribution in [3.63, 3.8) is 0 Å². The minimum atomic E-state index is -4.43. The van der Waals surface area contributed by atoms with Crippen molar-refractivity contribution in [1.29, 1.82) is 0 Å². The quantitative estimate of drug-likeness (QED) is 0.725. The number of aromatic nitrogens is 3. The maximum Gasteiger partial charge on any atom is 0.416 e. The number of halogens is 3. The van der Waals surface area contributed by atoms with Crippen LogP contribution >= 0.6 is 0 Å². The van der Waals surface area contributed by atoms with Crippen LogP contribution in [0.3, 0.4) is 0 Å². The Morgan fingerprint density at radius 3 is 2.52 bits per heavy atom. The molecular weight excluding hydrogens is 359 g/mol. The number of alkyl halides is 3. The zero-order chi connectivity index (χ0) is 19.6. The molecule has 0 saturated heterocycles. The Labute approximate surface area is 153 Å². The van der Waals surface area contributed by atoms with Crippen molar-refractivity contribution in [3.05, 3.63) is 65.6 Å². The molecule has 2 atom stereocenters. The maximum atomic E-state index is 12.8. The van der Waals surface area contributed by atoms with Crippen LogP contribution < -0.4 is 10.6 Å². The first-order chi connectivity index (χ1) is 12.8. The molecule has 0 aliphatic heterocycles. The van der Waals surface area contributed by atoms with Crippen molar-refractivity contribution < 1.29 is 18.0 Å². The molecule has 0 fully saturated rings. The van der Waals surface area contributed by atoms with Crippen LogP contribution in [0.1, 0.15) is 42.9 Å². The Kier molecular flexibility index (Phi) is 5.02. The average molecular weight is 377 g/mol. The molecule has 0 aliphatic rings. The predicted octanol–water partition coefficient (Wildman–Crippen LogP) is 3.87. The van der Waals surface area contributed by atoms with Gasteiger partial charge in [0.05, 0.1) is 17.6 Å². The molecule has 6 nitrogen and oxygen atoms in total. The summed E-state index contributed by atoms with van der Waals surface area (Å²) in [6, 6.07) is 8.76. The largest absolute Gasteiger partial charge is 0.416 e. The van der Waals surface area contributed by atoms with Crippen molar-refractivity contribution in [2.45, 2.75) is 32.1 Å². The molecule has 27 heavy (non-hydrogen) atoms. The molecule has 1 aromatic carbocycles. The number of pyridine rings is 1. The van der Waals surface area contributed by atoms with Crippen molar-refractivity contribution in [2.75, 3.05) is 0 Å². The molecule has 142 valence electrons. The standard InChI is InChI=1S/C18H18F3N5O/c1-11(13-6-5-7-14(10-13)18(19,20)21)22-17(27)23-12(2)16-25-24-15-8-3-4-9-26(15)16/h3-12H,1-2H3,(H2,22,23,27). The van der Waals surface area contributed by atoms with E-state index in [2.05, 4.69) is 20.8 Å². The van der Waals surface area contributed by atoms with Gasteiger partial charge in [0.15, 0.2) is 11.5 Å². The van der Waals surface area contributed by atoms with Gasteiger partial charge >= 0.3 is 12.2 Å². The lowest BCUT2D eigenvalue weighted by molar-refractivity contribution is -0.137. The Hall–Kier alpha value is -3.10. The highest BCUT2D eigenvalue weighted by atomic mass is 19.4. The number of hydrogen-bond donors (Lipinski definition) is 2. The monoisotopic (exact) mass is 377 g/mol. The van der Waals surface area contributed by atoms with Crippen LogP contribution in [0, 0.1) is 0 Å². The van der Waals surface area contributed by atoms with Crippen LogP contribution in [0.2, 0.25) is 0 Å². The van der Waals surface area contributed by atoms with E-state index >= 15 is 0 Å². The maximum absolute atomic E-state index is 12.8. The van der Waals surface area contributed by atoms with E-state index in [-0.39, 0.29) is 0 Å². The summed E-state index contributed by atoms with van der Waals surface area (Å²) in [5, 5.41) is 13.5. The van der Waals surface area contributed by atoms with Gasteiger partial charge < -0.3 is 10.6 Å². The fourth-order valence-electron chi connectivity index (χ4n) is 2.72. The summed E-state index contributed by atoms with van der Waals surface area (Å²) >= 11 is 0. The highest BCUT2D eigenvalue weighted by molar-refractivity contribution is 5.74. The van der Waals surface area contributed by atoms with Gasteiger partial charge in [-0.3, -0.25) is 4.40 Å². The van der Waals surface area contributed by atoms with Crippen LogP contribution in [-0.4, -0.2) is 20.6 Å². The minimum Gasteiger partial charge on any atom is -0.332 e. The van der Waals surface area contributed by atoms with Crippen molar-refractivity contribution in [2.24, 2.45) is 0 Å². The van der Waals surface area contributed by atoms with E-state index in [0.29, 0.717) is 17.0 Å². The first-order valence-corrected chi connectivity index (χ1v) is 8.29. The average Bonchev–Trinajstić information content (AvgIpc) is 3.05. The summed E-state index contributed by atoms with van der Waals surface area (Å²) in [6.07, 6.45) is -2.65. The van der Waals surface area contributed by atoms with Crippen LogP contribution in [-0.2, 0) is 6.18 Å². The second-order valence-corrected chi connectivity index (χ2v) is 6.17. The molecule has 0 saturated carbocycles. The molecule has 2 amide bonds. The predicted molar refractivity (Wildman–Crippen MR) is 92.9 cm³/mol. The van der Waals surface area contributed by atoms with Crippen LogP contribution in [0.4, 0.5) is 18.0 Å². The Balaban J connectivity index is 1.67. The van der Waals surface area contributed by atoms with Gasteiger partial charge in [0, 0.05) is 6.20 Å². The van der Waals surface area contributed by atoms with E-state index in [4.69, 9.17) is 0 Å². The molecule has 0 bridgehead atoms. The minimum absolute atomic E-state index is 0.362. The number of carbonyl (C=O) groups is 1. The third kappa shape index (κ3) is 4.18. The van der Waals surface area contributed by atoms with Crippen molar-refractivity contribution >= 4 is 11.7 Å². The van der Waals surface area contributed by atoms with E-state index in [9.17, 15) is 18.0 Å². The molecule has 9 heteroatoms. The summed E-state index contributed by atoms with van der Waals surface area (Å²) in [4.78, 5) is 12.2. The van der Waals surface area contributed by atoms with Crippen molar-refractivity contribution in [3.8, 4) is 0 Å². The number of urea groups is 1. The number of hydrogen-bond acceptors (Lipinski definition) is 3. The van der Waals surface area contributed by atoms with Crippen LogP contribution in [0.5, 0.6) is 0 Å². The van der Waals surface area contributed by atoms with Crippen molar-refractivity contribution in [1.82, 2.24) is 25.2 Å². The number of rotatable bonds is 4. The van der Waals surface area contributed by atoms with E-state index in [1.54, 1.807) is 30.5 Å². The molecule has 2 aromatic heterocycles. The number of fused-ring (bicyclic) bond motifs is 1. The third-order valence-electron chi connectivity index (χ3n) is 4.14. The molecule has 2 unspecified atom stereocenters. The Bertz CT molecular complexity index is 953. The van der Waals surface area contributed by atoms with Gasteiger partial charge in [0.2, 0.25) is 0 Å². The normalized spacial score (nSPS) is 14.0. The first-order valence-electron chi connectivity index (χ1n) is 8.29. The summed E-state index contributed by atoms with van der Waals surface area (Å²) in [5.41, 5.74) is 0.261. The lowest BCUT2D eigenvalue weighted by Crippen LogP contribution is -2.39. The van der Waals surface area contributed by atoms with Crippen LogP contribution in [0.15, 0.2) is 48.7 Å². The molecule has 2 heterocycles. The fraction of sp³-hybridized carbons (Fsp3) is 0.278. The second-order valence-electron chi connectivity index (χ2n) is 6.17. The lowest BCUT2D eigenvalue weighted by atomic mass is 10.1. The summed E-state index contributed by atoms with van der Waals surface area (Å²) in [5.74, 6) is 0.549. The smallest absolute Gasteiger partial charge is 0.332 e. The number of amides is 2. The molecule has 0 aliphatic carbocycles. The van der Waals surface area contributed by atoms with Gasteiger partial charge in [0.1, 0.15) is 0 Å². The van der Waals surface area contributed by atoms with Gasteiger partial charge in [-0.15, -0.1) is 10.2 Å². The highest BCUT2D eigenvalue weighted by Crippen LogP contribution is 2.30. The number of benzene rings is 1. The summed E-state index contributed by atoms with van der Waals surface area (Å²) in [6.45, 7) is 3.37. The van der Waals surface area contributed by atoms with E-state index < -0.39 is 29.9 Å². The molecule has 3 rings (SSSR count). The molecular formula is C18H18F3N5O. The van der Waals surface area contributed by atoms with Gasteiger partial charge in [-0.25, -0.2) is 4.79 Å². The molecule has 0 radical (unpaired) electrons. The molecule has 2 N–H and O–H groups in total. The van der Waals surface area contributed by atoms with E-state index in [1.807, 2.05) is 12.1 Å². The zero-order valence-electron chi connectivity index (χ0n) is 14.7. The number of nitrogens with one attached hydrogen (secondary N) is 2. The highest BCUT2D eigenvalue weighted by Gasteiger charge is 2.30. The number of nitrogens with zero attached hydrogens (tertiary/aromatic N) is 3. The third-order valence-corrected chi connectivity index (χ3v) is 4.14. The van der Waals surface area contributed by atoms with Gasteiger partial charge in [-0.1, -0.05) is 18.2 Å². The van der Waals surface area contributed by atoms with Gasteiger partial charge in [-0.05, 0) is 43.7 Å². The lowest BCUT2D eigenvalue weighted by Gasteiger charge is -2.18. The SMILES string of the molecule is CC(NC(=O)NC(C)c1nnc2ccccn12)c1cccc(C(F)(F)F)c1. The van der Waals surface area contributed by atoms with E-state index in [1.165, 1.54) is 12.1 Å².